The number of hydrogen-bond donors (Lipinski definition) is 1. The fraction of sp³-hybridized carbons (Fsp3) is 0.435. The molecule has 2 aromatic carbocycles. The number of benzene rings is 2. The number of carbonyl (C=O) groups is 1. The van der Waals surface area contributed by atoms with E-state index in [0.29, 0.717) is 25.1 Å². The number of halogens is 1. The van der Waals surface area contributed by atoms with Gasteiger partial charge in [-0.15, -0.1) is 0 Å². The molecule has 0 radical (unpaired) electrons. The fourth-order valence-electron chi connectivity index (χ4n) is 3.94. The third kappa shape index (κ3) is 5.30. The quantitative estimate of drug-likeness (QED) is 0.591. The van der Waals surface area contributed by atoms with E-state index in [-0.39, 0.29) is 23.3 Å². The first-order valence-electron chi connectivity index (χ1n) is 10.6. The predicted molar refractivity (Wildman–Crippen MR) is 126 cm³/mol. The van der Waals surface area contributed by atoms with Gasteiger partial charge in [0.1, 0.15) is 5.75 Å². The lowest BCUT2D eigenvalue weighted by Crippen LogP contribution is -2.43. The van der Waals surface area contributed by atoms with Gasteiger partial charge in [-0.05, 0) is 73.2 Å². The number of piperidine rings is 1. The highest BCUT2D eigenvalue weighted by molar-refractivity contribution is 9.10. The normalized spacial score (nSPS) is 17.4. The van der Waals surface area contributed by atoms with Gasteiger partial charge in [-0.1, -0.05) is 29.8 Å². The number of amides is 1. The molecular weight excluding hydrogens is 480 g/mol. The summed E-state index contributed by atoms with van der Waals surface area (Å²) in [6, 6.07) is 10.4. The lowest BCUT2D eigenvalue weighted by molar-refractivity contribution is -0.120. The number of aryl methyl sites for hydroxylation is 2. The van der Waals surface area contributed by atoms with Gasteiger partial charge < -0.3 is 10.1 Å². The SMILES string of the molecule is CCc1cc(Br)cc(CC)c1NC(=O)[C@@H]1CCCN(S(=O)(=O)c2ccc(OC)cc2)C1. The van der Waals surface area contributed by atoms with Crippen LogP contribution in [0, 0.1) is 5.92 Å². The Bertz CT molecular complexity index is 1010. The van der Waals surface area contributed by atoms with Crippen LogP contribution < -0.4 is 10.1 Å². The number of anilines is 1. The van der Waals surface area contributed by atoms with Crippen LogP contribution in [0.25, 0.3) is 0 Å². The molecule has 2 aromatic rings. The summed E-state index contributed by atoms with van der Waals surface area (Å²) in [4.78, 5) is 13.3. The summed E-state index contributed by atoms with van der Waals surface area (Å²) in [5, 5.41) is 3.11. The smallest absolute Gasteiger partial charge is 0.243 e. The van der Waals surface area contributed by atoms with Gasteiger partial charge in [-0.2, -0.15) is 4.31 Å². The molecule has 0 spiro atoms. The van der Waals surface area contributed by atoms with Crippen LogP contribution in [-0.2, 0) is 27.7 Å². The second kappa shape index (κ2) is 10.1. The van der Waals surface area contributed by atoms with E-state index in [1.807, 2.05) is 12.1 Å². The Morgan fingerprint density at radius 1 is 1.16 bits per heavy atom. The number of methoxy groups -OCH3 is 1. The summed E-state index contributed by atoms with van der Waals surface area (Å²) in [6.45, 7) is 4.71. The topological polar surface area (TPSA) is 75.7 Å². The summed E-state index contributed by atoms with van der Waals surface area (Å²) in [5.74, 6) is 0.0870. The van der Waals surface area contributed by atoms with Crippen LogP contribution in [0.4, 0.5) is 5.69 Å². The zero-order valence-electron chi connectivity index (χ0n) is 18.2. The highest BCUT2D eigenvalue weighted by atomic mass is 79.9. The standard InChI is InChI=1S/C23H29BrN2O4S/c1-4-16-13-19(24)14-17(5-2)22(16)25-23(27)18-7-6-12-26(15-18)31(28,29)21-10-8-20(30-3)9-11-21/h8-11,13-14,18H,4-7,12,15H2,1-3H3,(H,25,27)/t18-/m1/s1. The zero-order chi connectivity index (χ0) is 22.6. The molecule has 1 aliphatic heterocycles. The van der Waals surface area contributed by atoms with Gasteiger partial charge >= 0.3 is 0 Å². The molecule has 0 unspecified atom stereocenters. The van der Waals surface area contributed by atoms with E-state index in [9.17, 15) is 13.2 Å². The van der Waals surface area contributed by atoms with Gasteiger partial charge in [-0.25, -0.2) is 8.42 Å². The van der Waals surface area contributed by atoms with E-state index >= 15 is 0 Å². The van der Waals surface area contributed by atoms with Crippen molar-refractivity contribution in [2.24, 2.45) is 5.92 Å². The lowest BCUT2D eigenvalue weighted by Gasteiger charge is -2.31. The van der Waals surface area contributed by atoms with E-state index in [2.05, 4.69) is 35.1 Å². The van der Waals surface area contributed by atoms with Crippen molar-refractivity contribution < 1.29 is 17.9 Å². The Morgan fingerprint density at radius 3 is 2.32 bits per heavy atom. The Balaban J connectivity index is 1.78. The number of rotatable bonds is 7. The first-order chi connectivity index (χ1) is 14.8. The molecule has 1 atom stereocenters. The average molecular weight is 509 g/mol. The summed E-state index contributed by atoms with van der Waals surface area (Å²) < 4.78 is 33.7. The minimum atomic E-state index is -3.67. The highest BCUT2D eigenvalue weighted by Crippen LogP contribution is 2.30. The van der Waals surface area contributed by atoms with Crippen LogP contribution in [-0.4, -0.2) is 38.8 Å². The maximum absolute atomic E-state index is 13.1. The van der Waals surface area contributed by atoms with Gasteiger partial charge in [-0.3, -0.25) is 4.79 Å². The van der Waals surface area contributed by atoms with E-state index < -0.39 is 10.0 Å². The monoisotopic (exact) mass is 508 g/mol. The zero-order valence-corrected chi connectivity index (χ0v) is 20.6. The number of sulfonamides is 1. The maximum atomic E-state index is 13.1. The van der Waals surface area contributed by atoms with E-state index in [1.165, 1.54) is 11.4 Å². The molecule has 1 N–H and O–H groups in total. The predicted octanol–water partition coefficient (Wildman–Crippen LogP) is 4.62. The van der Waals surface area contributed by atoms with E-state index in [4.69, 9.17) is 4.74 Å². The van der Waals surface area contributed by atoms with Crippen molar-refractivity contribution in [1.82, 2.24) is 4.31 Å². The highest BCUT2D eigenvalue weighted by Gasteiger charge is 2.33. The van der Waals surface area contributed by atoms with Gasteiger partial charge in [0.05, 0.1) is 17.9 Å². The van der Waals surface area contributed by atoms with Crippen LogP contribution in [0.5, 0.6) is 5.75 Å². The van der Waals surface area contributed by atoms with Gasteiger partial charge in [0.2, 0.25) is 15.9 Å². The first kappa shape index (κ1) is 23.8. The largest absolute Gasteiger partial charge is 0.497 e. The molecule has 168 valence electrons. The maximum Gasteiger partial charge on any atom is 0.243 e. The number of nitrogens with one attached hydrogen (secondary N) is 1. The van der Waals surface area contributed by atoms with Gasteiger partial charge in [0.25, 0.3) is 0 Å². The summed E-state index contributed by atoms with van der Waals surface area (Å²) >= 11 is 3.54. The van der Waals surface area contributed by atoms with Crippen molar-refractivity contribution in [2.75, 3.05) is 25.5 Å². The van der Waals surface area contributed by atoms with Crippen molar-refractivity contribution in [3.63, 3.8) is 0 Å². The number of nitrogens with zero attached hydrogens (tertiary/aromatic N) is 1. The Kier molecular flexibility index (Phi) is 7.78. The Hall–Kier alpha value is -1.90. The van der Waals surface area contributed by atoms with Crippen LogP contribution in [0.3, 0.4) is 0 Å². The molecular formula is C23H29BrN2O4S. The number of ether oxygens (including phenoxy) is 1. The molecule has 0 aromatic heterocycles. The van der Waals surface area contributed by atoms with Crippen LogP contribution in [0.15, 0.2) is 45.8 Å². The minimum absolute atomic E-state index is 0.124. The molecule has 3 rings (SSSR count). The summed E-state index contributed by atoms with van der Waals surface area (Å²) in [6.07, 6.45) is 2.91. The number of hydrogen-bond acceptors (Lipinski definition) is 4. The first-order valence-corrected chi connectivity index (χ1v) is 12.8. The van der Waals surface area contributed by atoms with Crippen LogP contribution in [0.1, 0.15) is 37.8 Å². The van der Waals surface area contributed by atoms with E-state index in [1.54, 1.807) is 24.3 Å². The average Bonchev–Trinajstić information content (AvgIpc) is 2.79. The van der Waals surface area contributed by atoms with Gasteiger partial charge in [0, 0.05) is 23.2 Å². The molecule has 1 heterocycles. The molecule has 31 heavy (non-hydrogen) atoms. The molecule has 1 fully saturated rings. The van der Waals surface area contributed by atoms with Crippen molar-refractivity contribution in [1.29, 1.82) is 0 Å². The molecule has 0 aliphatic carbocycles. The molecule has 0 saturated carbocycles. The summed E-state index contributed by atoms with van der Waals surface area (Å²) in [5.41, 5.74) is 2.99. The van der Waals surface area contributed by atoms with Crippen molar-refractivity contribution in [3.8, 4) is 5.75 Å². The van der Waals surface area contributed by atoms with Crippen molar-refractivity contribution in [2.45, 2.75) is 44.4 Å². The van der Waals surface area contributed by atoms with Gasteiger partial charge in [0.15, 0.2) is 0 Å². The second-order valence-electron chi connectivity index (χ2n) is 7.67. The van der Waals surface area contributed by atoms with Crippen LogP contribution >= 0.6 is 15.9 Å². The molecule has 1 saturated heterocycles. The van der Waals surface area contributed by atoms with E-state index in [0.717, 1.165) is 34.1 Å². The second-order valence-corrected chi connectivity index (χ2v) is 10.5. The Morgan fingerprint density at radius 2 is 1.77 bits per heavy atom. The lowest BCUT2D eigenvalue weighted by atomic mass is 9.97. The molecule has 6 nitrogen and oxygen atoms in total. The minimum Gasteiger partial charge on any atom is -0.497 e. The molecule has 1 aliphatic rings. The summed E-state index contributed by atoms with van der Waals surface area (Å²) in [7, 11) is -2.13. The number of carbonyl (C=O) groups excluding carboxylic acids is 1. The third-order valence-corrected chi connectivity index (χ3v) is 8.07. The van der Waals surface area contributed by atoms with Crippen LogP contribution in [0.2, 0.25) is 0 Å². The fourth-order valence-corrected chi connectivity index (χ4v) is 6.02. The molecule has 0 bridgehead atoms. The third-order valence-electron chi connectivity index (χ3n) is 5.73. The van der Waals surface area contributed by atoms with Crippen molar-refractivity contribution >= 4 is 37.5 Å². The van der Waals surface area contributed by atoms with Crippen molar-refractivity contribution in [3.05, 3.63) is 52.0 Å². The Labute approximate surface area is 193 Å². The molecule has 8 heteroatoms. The molecule has 1 amide bonds.